The van der Waals surface area contributed by atoms with Crippen LogP contribution in [-0.2, 0) is 33.1 Å². The van der Waals surface area contributed by atoms with Gasteiger partial charge in [-0.2, -0.15) is 8.61 Å². The molecule has 8 nitrogen and oxygen atoms in total. The van der Waals surface area contributed by atoms with Gasteiger partial charge in [0.2, 0.25) is 26.8 Å². The molecule has 1 aliphatic carbocycles. The zero-order valence-corrected chi connectivity index (χ0v) is 24.7. The number of hydrogen-bond acceptors (Lipinski definition) is 6. The summed E-state index contributed by atoms with van der Waals surface area (Å²) in [6, 6.07) is 17.9. The molecule has 0 spiro atoms. The number of ether oxygens (including phenoxy) is 2. The molecule has 3 aromatic rings. The number of sulfonamides is 2. The maximum absolute atomic E-state index is 13.9. The third-order valence-corrected chi connectivity index (χ3v) is 11.5. The average Bonchev–Trinajstić information content (AvgIpc) is 3.43. The molecule has 0 bridgehead atoms. The van der Waals surface area contributed by atoms with Gasteiger partial charge in [-0.1, -0.05) is 56.0 Å². The van der Waals surface area contributed by atoms with Gasteiger partial charge in [0.15, 0.2) is 11.5 Å². The fourth-order valence-electron chi connectivity index (χ4n) is 5.32. The van der Waals surface area contributed by atoms with E-state index in [2.05, 4.69) is 0 Å². The first-order chi connectivity index (χ1) is 19.2. The molecule has 0 radical (unpaired) electrons. The van der Waals surface area contributed by atoms with E-state index in [1.54, 1.807) is 46.8 Å². The van der Waals surface area contributed by atoms with Gasteiger partial charge >= 0.3 is 0 Å². The number of nitrogens with zero attached hydrogens (tertiary/aromatic N) is 2. The summed E-state index contributed by atoms with van der Waals surface area (Å²) in [4.78, 5) is 0.112. The lowest BCUT2D eigenvalue weighted by Crippen LogP contribution is -2.41. The second-order valence-corrected chi connectivity index (χ2v) is 14.3. The highest BCUT2D eigenvalue weighted by atomic mass is 35.5. The normalized spacial score (nSPS) is 16.1. The molecule has 5 rings (SSSR count). The third-order valence-electron chi connectivity index (χ3n) is 7.43. The van der Waals surface area contributed by atoms with Crippen LogP contribution < -0.4 is 9.47 Å². The van der Waals surface area contributed by atoms with Crippen LogP contribution in [0.2, 0.25) is 5.02 Å². The van der Waals surface area contributed by atoms with Crippen LogP contribution in [0.25, 0.3) is 0 Å². The molecular formula is C29H33ClN2O6S2. The maximum atomic E-state index is 13.9. The van der Waals surface area contributed by atoms with Crippen molar-refractivity contribution in [3.05, 3.63) is 82.9 Å². The summed E-state index contributed by atoms with van der Waals surface area (Å²) in [6.07, 6.45) is 4.85. The minimum atomic E-state index is -4.01. The van der Waals surface area contributed by atoms with E-state index < -0.39 is 20.0 Å². The fraction of sp³-hybridized carbons (Fsp3) is 0.379. The monoisotopic (exact) mass is 604 g/mol. The van der Waals surface area contributed by atoms with Gasteiger partial charge in [-0.05, 0) is 72.5 Å². The molecule has 1 saturated carbocycles. The van der Waals surface area contributed by atoms with E-state index in [4.69, 9.17) is 21.1 Å². The maximum Gasteiger partial charge on any atom is 0.243 e. The molecule has 0 N–H and O–H groups in total. The van der Waals surface area contributed by atoms with E-state index in [1.807, 2.05) is 6.92 Å². The van der Waals surface area contributed by atoms with Crippen molar-refractivity contribution in [2.75, 3.05) is 13.3 Å². The van der Waals surface area contributed by atoms with Crippen molar-refractivity contribution in [1.82, 2.24) is 8.61 Å². The number of halogens is 1. The molecule has 1 heterocycles. The first kappa shape index (κ1) is 28.9. The molecule has 3 aromatic carbocycles. The van der Waals surface area contributed by atoms with Gasteiger partial charge < -0.3 is 9.47 Å². The van der Waals surface area contributed by atoms with Gasteiger partial charge in [0.05, 0.1) is 9.79 Å². The zero-order valence-electron chi connectivity index (χ0n) is 22.3. The molecule has 0 saturated heterocycles. The molecule has 0 atom stereocenters. The van der Waals surface area contributed by atoms with Crippen LogP contribution >= 0.6 is 11.6 Å². The van der Waals surface area contributed by atoms with Gasteiger partial charge in [0.25, 0.3) is 0 Å². The minimum Gasteiger partial charge on any atom is -0.454 e. The van der Waals surface area contributed by atoms with Gasteiger partial charge in [-0.15, -0.1) is 0 Å². The lowest BCUT2D eigenvalue weighted by atomic mass is 9.95. The first-order valence-corrected chi connectivity index (χ1v) is 16.7. The van der Waals surface area contributed by atoms with Gasteiger partial charge in [-0.25, -0.2) is 16.8 Å². The highest BCUT2D eigenvalue weighted by Gasteiger charge is 2.32. The molecule has 40 heavy (non-hydrogen) atoms. The summed E-state index contributed by atoms with van der Waals surface area (Å²) in [5.74, 6) is 1.18. The Morgan fingerprint density at radius 3 is 1.98 bits per heavy atom. The highest BCUT2D eigenvalue weighted by Crippen LogP contribution is 2.34. The summed E-state index contributed by atoms with van der Waals surface area (Å²) in [7, 11) is -7.76. The number of benzene rings is 3. The standard InChI is InChI=1S/C29H33ClN2O6S2/c1-2-32(25-6-4-3-5-7-25)40(35,36)27-15-13-26(14-16-27)39(33,34)31(19-22-8-11-24(30)12-9-22)20-23-10-17-28-29(18-23)38-21-37-28/h8-18,25H,2-7,19-21H2,1H3. The van der Waals surface area contributed by atoms with Crippen LogP contribution in [-0.4, -0.2) is 44.8 Å². The molecule has 0 unspecified atom stereocenters. The highest BCUT2D eigenvalue weighted by molar-refractivity contribution is 7.89. The Hall–Kier alpha value is -2.63. The van der Waals surface area contributed by atoms with Gasteiger partial charge in [0.1, 0.15) is 0 Å². The summed E-state index contributed by atoms with van der Waals surface area (Å²) < 4.78 is 68.6. The van der Waals surface area contributed by atoms with Crippen molar-refractivity contribution in [2.45, 2.75) is 68.0 Å². The van der Waals surface area contributed by atoms with Crippen LogP contribution in [0, 0.1) is 0 Å². The smallest absolute Gasteiger partial charge is 0.243 e. The molecule has 1 aliphatic heterocycles. The molecule has 1 fully saturated rings. The van der Waals surface area contributed by atoms with Crippen molar-refractivity contribution >= 4 is 31.6 Å². The number of rotatable bonds is 10. The Labute approximate surface area is 241 Å². The summed E-state index contributed by atoms with van der Waals surface area (Å²) in [6.45, 7) is 2.51. The van der Waals surface area contributed by atoms with Crippen LogP contribution in [0.15, 0.2) is 76.5 Å². The Kier molecular flexibility index (Phi) is 8.72. The third kappa shape index (κ3) is 6.16. The van der Waals surface area contributed by atoms with E-state index in [-0.39, 0.29) is 35.7 Å². The second kappa shape index (κ2) is 12.1. The summed E-state index contributed by atoms with van der Waals surface area (Å²) in [5, 5.41) is 0.556. The quantitative estimate of drug-likeness (QED) is 0.290. The topological polar surface area (TPSA) is 93.2 Å². The van der Waals surface area contributed by atoms with E-state index in [0.717, 1.165) is 43.2 Å². The van der Waals surface area contributed by atoms with Gasteiger partial charge in [-0.3, -0.25) is 0 Å². The zero-order chi connectivity index (χ0) is 28.3. The van der Waals surface area contributed by atoms with E-state index in [0.29, 0.717) is 23.1 Å². The van der Waals surface area contributed by atoms with Crippen LogP contribution in [0.4, 0.5) is 0 Å². The van der Waals surface area contributed by atoms with Gasteiger partial charge in [0, 0.05) is 30.7 Å². The van der Waals surface area contributed by atoms with Crippen LogP contribution in [0.3, 0.4) is 0 Å². The Bertz CT molecular complexity index is 1540. The average molecular weight is 605 g/mol. The molecular weight excluding hydrogens is 572 g/mol. The van der Waals surface area contributed by atoms with Crippen molar-refractivity contribution in [1.29, 1.82) is 0 Å². The molecule has 214 valence electrons. The molecule has 0 amide bonds. The van der Waals surface area contributed by atoms with E-state index in [9.17, 15) is 16.8 Å². The van der Waals surface area contributed by atoms with E-state index >= 15 is 0 Å². The number of fused-ring (bicyclic) bond motifs is 1. The first-order valence-electron chi connectivity index (χ1n) is 13.4. The fourth-order valence-corrected chi connectivity index (χ4v) is 8.56. The lowest BCUT2D eigenvalue weighted by molar-refractivity contribution is 0.174. The molecule has 11 heteroatoms. The minimum absolute atomic E-state index is 0.0156. The second-order valence-electron chi connectivity index (χ2n) is 10.1. The number of hydrogen-bond donors (Lipinski definition) is 0. The van der Waals surface area contributed by atoms with Crippen molar-refractivity contribution < 1.29 is 26.3 Å². The summed E-state index contributed by atoms with van der Waals surface area (Å²) >= 11 is 6.04. The Morgan fingerprint density at radius 1 is 0.750 bits per heavy atom. The Morgan fingerprint density at radius 2 is 1.32 bits per heavy atom. The molecule has 2 aliphatic rings. The van der Waals surface area contributed by atoms with Crippen LogP contribution in [0.5, 0.6) is 11.5 Å². The predicted molar refractivity (Wildman–Crippen MR) is 153 cm³/mol. The SMILES string of the molecule is CCN(C1CCCCC1)S(=O)(=O)c1ccc(S(=O)(=O)N(Cc2ccc(Cl)cc2)Cc2ccc3c(c2)OCO3)cc1. The lowest BCUT2D eigenvalue weighted by Gasteiger charge is -2.32. The predicted octanol–water partition coefficient (Wildman–Crippen LogP) is 5.80. The van der Waals surface area contributed by atoms with Crippen LogP contribution in [0.1, 0.15) is 50.2 Å². The Balaban J connectivity index is 1.43. The van der Waals surface area contributed by atoms with E-state index in [1.165, 1.54) is 28.6 Å². The van der Waals surface area contributed by atoms with Crippen molar-refractivity contribution in [3.8, 4) is 11.5 Å². The summed E-state index contributed by atoms with van der Waals surface area (Å²) in [5.41, 5.74) is 1.49. The largest absolute Gasteiger partial charge is 0.454 e. The molecule has 0 aromatic heterocycles. The van der Waals surface area contributed by atoms with Crippen molar-refractivity contribution in [3.63, 3.8) is 0 Å². The van der Waals surface area contributed by atoms with Crippen molar-refractivity contribution in [2.24, 2.45) is 0 Å².